The van der Waals surface area contributed by atoms with Gasteiger partial charge in [0.05, 0.1) is 0 Å². The Morgan fingerprint density at radius 2 is 2.00 bits per heavy atom. The van der Waals surface area contributed by atoms with E-state index >= 15 is 0 Å². The molecule has 2 aliphatic rings. The van der Waals surface area contributed by atoms with Crippen LogP contribution in [0.15, 0.2) is 48.1 Å². The number of allylic oxidation sites excluding steroid dienone is 8. The lowest BCUT2D eigenvalue weighted by Crippen LogP contribution is -2.05. The molecule has 0 amide bonds. The van der Waals surface area contributed by atoms with Crippen LogP contribution in [0.25, 0.3) is 0 Å². The van der Waals surface area contributed by atoms with E-state index in [9.17, 15) is 0 Å². The minimum Gasteiger partial charge on any atom is -0.0801 e. The Hall–Kier alpha value is -0.950. The van der Waals surface area contributed by atoms with E-state index in [2.05, 4.69) is 30.4 Å². The van der Waals surface area contributed by atoms with Gasteiger partial charge in [0.25, 0.3) is 0 Å². The zero-order chi connectivity index (χ0) is 7.68. The number of fused-ring (bicyclic) bond motifs is 1. The predicted molar refractivity (Wildman–Crippen MR) is 51.6 cm³/mol. The third-order valence-corrected chi connectivity index (χ3v) is 2.13. The summed E-state index contributed by atoms with van der Waals surface area (Å²) >= 11 is 5.05. The van der Waals surface area contributed by atoms with Gasteiger partial charge < -0.3 is 0 Å². The third kappa shape index (κ3) is 1.24. The van der Waals surface area contributed by atoms with Crippen molar-refractivity contribution in [3.05, 3.63) is 48.1 Å². The van der Waals surface area contributed by atoms with Crippen molar-refractivity contribution in [2.75, 3.05) is 0 Å². The van der Waals surface area contributed by atoms with E-state index in [1.165, 1.54) is 5.57 Å². The molecule has 0 radical (unpaired) electrons. The van der Waals surface area contributed by atoms with Crippen LogP contribution in [0.5, 0.6) is 0 Å². The molecule has 0 spiro atoms. The first-order chi connectivity index (χ1) is 5.36. The molecule has 11 heavy (non-hydrogen) atoms. The van der Waals surface area contributed by atoms with Crippen LogP contribution in [-0.4, -0.2) is 4.86 Å². The molecule has 0 heterocycles. The summed E-state index contributed by atoms with van der Waals surface area (Å²) < 4.78 is 0. The van der Waals surface area contributed by atoms with Crippen LogP contribution in [0.4, 0.5) is 0 Å². The molecule has 0 fully saturated rings. The van der Waals surface area contributed by atoms with Crippen LogP contribution in [0.1, 0.15) is 0 Å². The topological polar surface area (TPSA) is 0 Å². The highest BCUT2D eigenvalue weighted by Gasteiger charge is 2.11. The van der Waals surface area contributed by atoms with Crippen LogP contribution in [0.3, 0.4) is 0 Å². The molecule has 0 bridgehead atoms. The van der Waals surface area contributed by atoms with Gasteiger partial charge in [-0.1, -0.05) is 42.6 Å². The first-order valence-corrected chi connectivity index (χ1v) is 4.06. The van der Waals surface area contributed by atoms with Gasteiger partial charge in [-0.15, -0.1) is 0 Å². The van der Waals surface area contributed by atoms with Gasteiger partial charge in [-0.3, -0.25) is 0 Å². The standard InChI is InChI=1S/C10H8S/c11-10-6-5-8-3-1-2-4-9(8)7-10/h1-8H. The highest BCUT2D eigenvalue weighted by molar-refractivity contribution is 7.81. The van der Waals surface area contributed by atoms with Crippen molar-refractivity contribution in [2.24, 2.45) is 5.92 Å². The van der Waals surface area contributed by atoms with Gasteiger partial charge >= 0.3 is 0 Å². The molecule has 2 aliphatic carbocycles. The van der Waals surface area contributed by atoms with E-state index in [0.717, 1.165) is 4.86 Å². The SMILES string of the molecule is S=C1C=CC2C=CC=CC2=C1. The summed E-state index contributed by atoms with van der Waals surface area (Å²) in [5.74, 6) is 0.465. The van der Waals surface area contributed by atoms with E-state index in [-0.39, 0.29) is 0 Å². The minimum atomic E-state index is 0.465. The Morgan fingerprint density at radius 1 is 1.09 bits per heavy atom. The predicted octanol–water partition coefficient (Wildman–Crippen LogP) is 2.59. The normalized spacial score (nSPS) is 26.7. The fraction of sp³-hybridized carbons (Fsp3) is 0.100. The van der Waals surface area contributed by atoms with Gasteiger partial charge in [0.2, 0.25) is 0 Å². The molecule has 1 atom stereocenters. The lowest BCUT2D eigenvalue weighted by molar-refractivity contribution is 0.992. The minimum absolute atomic E-state index is 0.465. The van der Waals surface area contributed by atoms with E-state index < -0.39 is 0 Å². The molecule has 0 saturated carbocycles. The fourth-order valence-corrected chi connectivity index (χ4v) is 1.52. The van der Waals surface area contributed by atoms with E-state index in [4.69, 9.17) is 12.2 Å². The molecule has 0 saturated heterocycles. The third-order valence-electron chi connectivity index (χ3n) is 1.88. The maximum Gasteiger partial charge on any atom is 0.0377 e. The number of thiocarbonyl (C=S) groups is 1. The van der Waals surface area contributed by atoms with Crippen LogP contribution < -0.4 is 0 Å². The number of hydrogen-bond acceptors (Lipinski definition) is 1. The summed E-state index contributed by atoms with van der Waals surface area (Å²) in [5, 5.41) is 0. The van der Waals surface area contributed by atoms with Crippen molar-refractivity contribution in [3.63, 3.8) is 0 Å². The second-order valence-electron chi connectivity index (χ2n) is 2.68. The molecule has 1 heteroatoms. The first-order valence-electron chi connectivity index (χ1n) is 3.65. The summed E-state index contributed by atoms with van der Waals surface area (Å²) in [5.41, 5.74) is 1.31. The second kappa shape index (κ2) is 2.59. The van der Waals surface area contributed by atoms with Gasteiger partial charge in [0.15, 0.2) is 0 Å². The molecule has 2 rings (SSSR count). The summed E-state index contributed by atoms with van der Waals surface area (Å²) in [7, 11) is 0. The van der Waals surface area contributed by atoms with E-state index in [0.29, 0.717) is 5.92 Å². The molecule has 54 valence electrons. The maximum absolute atomic E-state index is 5.05. The molecule has 0 N–H and O–H groups in total. The Bertz CT molecular complexity index is 303. The molecule has 0 aromatic carbocycles. The average Bonchev–Trinajstić information content (AvgIpc) is 2.04. The maximum atomic E-state index is 5.05. The van der Waals surface area contributed by atoms with Crippen molar-refractivity contribution in [2.45, 2.75) is 0 Å². The molecular formula is C10H8S. The Labute approximate surface area is 71.6 Å². The molecule has 0 aromatic rings. The van der Waals surface area contributed by atoms with Crippen molar-refractivity contribution in [1.29, 1.82) is 0 Å². The average molecular weight is 160 g/mol. The largest absolute Gasteiger partial charge is 0.0801 e. The smallest absolute Gasteiger partial charge is 0.0377 e. The molecule has 0 aromatic heterocycles. The van der Waals surface area contributed by atoms with Crippen LogP contribution >= 0.6 is 12.2 Å². The van der Waals surface area contributed by atoms with Crippen molar-refractivity contribution < 1.29 is 0 Å². The number of hydrogen-bond donors (Lipinski definition) is 0. The highest BCUT2D eigenvalue weighted by atomic mass is 32.1. The van der Waals surface area contributed by atoms with Gasteiger partial charge in [0, 0.05) is 10.8 Å². The summed E-state index contributed by atoms with van der Waals surface area (Å²) in [6, 6.07) is 0. The molecule has 1 unspecified atom stereocenters. The van der Waals surface area contributed by atoms with E-state index in [1.54, 1.807) is 0 Å². The molecule has 0 aliphatic heterocycles. The highest BCUT2D eigenvalue weighted by Crippen LogP contribution is 2.23. The summed E-state index contributed by atoms with van der Waals surface area (Å²) in [6.07, 6.45) is 14.6. The monoisotopic (exact) mass is 160 g/mol. The first kappa shape index (κ1) is 6.74. The van der Waals surface area contributed by atoms with Crippen LogP contribution in [0, 0.1) is 5.92 Å². The zero-order valence-corrected chi connectivity index (χ0v) is 6.84. The lowest BCUT2D eigenvalue weighted by Gasteiger charge is -2.15. The lowest BCUT2D eigenvalue weighted by atomic mass is 9.90. The van der Waals surface area contributed by atoms with Crippen molar-refractivity contribution in [3.8, 4) is 0 Å². The Morgan fingerprint density at radius 3 is 2.91 bits per heavy atom. The second-order valence-corrected chi connectivity index (χ2v) is 3.15. The van der Waals surface area contributed by atoms with Gasteiger partial charge in [-0.2, -0.15) is 0 Å². The zero-order valence-electron chi connectivity index (χ0n) is 6.03. The molecular weight excluding hydrogens is 152 g/mol. The van der Waals surface area contributed by atoms with Crippen LogP contribution in [0.2, 0.25) is 0 Å². The quantitative estimate of drug-likeness (QED) is 0.491. The number of rotatable bonds is 0. The molecule has 0 nitrogen and oxygen atoms in total. The Kier molecular flexibility index (Phi) is 1.59. The van der Waals surface area contributed by atoms with Crippen molar-refractivity contribution >= 4 is 17.1 Å². The fourth-order valence-electron chi connectivity index (χ4n) is 1.30. The Balaban J connectivity index is 2.39. The summed E-state index contributed by atoms with van der Waals surface area (Å²) in [6.45, 7) is 0. The van der Waals surface area contributed by atoms with Gasteiger partial charge in [-0.05, 0) is 17.7 Å². The van der Waals surface area contributed by atoms with Gasteiger partial charge in [0.1, 0.15) is 0 Å². The van der Waals surface area contributed by atoms with Crippen LogP contribution in [-0.2, 0) is 0 Å². The van der Waals surface area contributed by atoms with Crippen molar-refractivity contribution in [1.82, 2.24) is 0 Å². The van der Waals surface area contributed by atoms with Gasteiger partial charge in [-0.25, -0.2) is 0 Å². The summed E-state index contributed by atoms with van der Waals surface area (Å²) in [4.78, 5) is 0.927. The van der Waals surface area contributed by atoms with E-state index in [1.807, 2.05) is 12.2 Å².